The molecule has 0 aliphatic heterocycles. The van der Waals surface area contributed by atoms with Crippen molar-refractivity contribution >= 4 is 22.5 Å². The van der Waals surface area contributed by atoms with Gasteiger partial charge in [0.15, 0.2) is 0 Å². The number of benzene rings is 4. The summed E-state index contributed by atoms with van der Waals surface area (Å²) in [5.74, 6) is 1.30. The number of aromatic nitrogens is 1. The third-order valence-corrected chi connectivity index (χ3v) is 5.78. The highest BCUT2D eigenvalue weighted by molar-refractivity contribution is 6.14. The first-order valence-electron chi connectivity index (χ1n) is 11.2. The third-order valence-electron chi connectivity index (χ3n) is 5.78. The fourth-order valence-corrected chi connectivity index (χ4v) is 4.02. The van der Waals surface area contributed by atoms with Crippen molar-refractivity contribution < 1.29 is 9.53 Å². The maximum Gasteiger partial charge on any atom is 0.256 e. The summed E-state index contributed by atoms with van der Waals surface area (Å²) in [6.45, 7) is 4.01. The quantitative estimate of drug-likeness (QED) is 0.304. The molecular formula is C30H24N2O2. The monoisotopic (exact) mass is 444 g/mol. The Balaban J connectivity index is 1.47. The number of ether oxygens (including phenoxy) is 1. The van der Waals surface area contributed by atoms with Gasteiger partial charge in [-0.05, 0) is 61.9 Å². The Morgan fingerprint density at radius 2 is 1.38 bits per heavy atom. The van der Waals surface area contributed by atoms with Crippen LogP contribution in [0.1, 0.15) is 21.5 Å². The Labute approximate surface area is 198 Å². The molecule has 1 aromatic heterocycles. The van der Waals surface area contributed by atoms with Gasteiger partial charge in [-0.15, -0.1) is 0 Å². The first kappa shape index (κ1) is 21.4. The Bertz CT molecular complexity index is 1460. The van der Waals surface area contributed by atoms with E-state index in [1.165, 1.54) is 5.56 Å². The van der Waals surface area contributed by atoms with E-state index in [-0.39, 0.29) is 5.91 Å². The van der Waals surface area contributed by atoms with Crippen LogP contribution in [0.2, 0.25) is 0 Å². The summed E-state index contributed by atoms with van der Waals surface area (Å²) < 4.78 is 5.85. The predicted octanol–water partition coefficient (Wildman–Crippen LogP) is 7.56. The minimum atomic E-state index is -0.166. The van der Waals surface area contributed by atoms with Crippen LogP contribution in [0.3, 0.4) is 0 Å². The Hall–Kier alpha value is -4.44. The van der Waals surface area contributed by atoms with Gasteiger partial charge in [0.2, 0.25) is 0 Å². The molecule has 4 aromatic carbocycles. The van der Waals surface area contributed by atoms with E-state index in [4.69, 9.17) is 9.72 Å². The van der Waals surface area contributed by atoms with Crippen molar-refractivity contribution in [2.24, 2.45) is 0 Å². The second kappa shape index (κ2) is 9.20. The van der Waals surface area contributed by atoms with Crippen LogP contribution in [0.25, 0.3) is 22.2 Å². The molecule has 0 radical (unpaired) electrons. The number of para-hydroxylation sites is 2. The largest absolute Gasteiger partial charge is 0.457 e. The molecule has 4 nitrogen and oxygen atoms in total. The first-order valence-corrected chi connectivity index (χ1v) is 11.2. The number of anilines is 1. The SMILES string of the molecule is Cc1ccc(-c2nc3ccccc3c(C(=O)Nc3ccc(Oc4ccccc4)cc3)c2C)cc1. The number of amides is 1. The highest BCUT2D eigenvalue weighted by Crippen LogP contribution is 2.31. The number of pyridine rings is 1. The van der Waals surface area contributed by atoms with Crippen molar-refractivity contribution in [3.63, 3.8) is 0 Å². The summed E-state index contributed by atoms with van der Waals surface area (Å²) in [5, 5.41) is 3.88. The van der Waals surface area contributed by atoms with E-state index < -0.39 is 0 Å². The zero-order chi connectivity index (χ0) is 23.5. The summed E-state index contributed by atoms with van der Waals surface area (Å²) in [6.07, 6.45) is 0. The Morgan fingerprint density at radius 1 is 0.735 bits per heavy atom. The lowest BCUT2D eigenvalue weighted by atomic mass is 9.96. The van der Waals surface area contributed by atoms with Crippen LogP contribution in [0.5, 0.6) is 11.5 Å². The molecule has 34 heavy (non-hydrogen) atoms. The molecule has 1 heterocycles. The average molecular weight is 445 g/mol. The molecule has 0 aliphatic rings. The van der Waals surface area contributed by atoms with Gasteiger partial charge in [0.05, 0.1) is 16.8 Å². The fourth-order valence-electron chi connectivity index (χ4n) is 4.02. The van der Waals surface area contributed by atoms with Gasteiger partial charge >= 0.3 is 0 Å². The molecular weight excluding hydrogens is 420 g/mol. The normalized spacial score (nSPS) is 10.8. The number of rotatable bonds is 5. The van der Waals surface area contributed by atoms with Crippen molar-refractivity contribution in [3.05, 3.63) is 120 Å². The van der Waals surface area contributed by atoms with Crippen molar-refractivity contribution in [3.8, 4) is 22.8 Å². The molecule has 5 aromatic rings. The van der Waals surface area contributed by atoms with Gasteiger partial charge in [-0.2, -0.15) is 0 Å². The van der Waals surface area contributed by atoms with Gasteiger partial charge in [-0.3, -0.25) is 4.79 Å². The number of fused-ring (bicyclic) bond motifs is 1. The number of nitrogens with zero attached hydrogens (tertiary/aromatic N) is 1. The number of hydrogen-bond donors (Lipinski definition) is 1. The van der Waals surface area contributed by atoms with Crippen LogP contribution in [-0.4, -0.2) is 10.9 Å². The smallest absolute Gasteiger partial charge is 0.256 e. The predicted molar refractivity (Wildman–Crippen MR) is 138 cm³/mol. The van der Waals surface area contributed by atoms with Crippen LogP contribution in [0, 0.1) is 13.8 Å². The summed E-state index contributed by atoms with van der Waals surface area (Å²) in [7, 11) is 0. The van der Waals surface area contributed by atoms with Crippen LogP contribution < -0.4 is 10.1 Å². The number of carbonyl (C=O) groups is 1. The van der Waals surface area contributed by atoms with E-state index in [1.807, 2.05) is 97.9 Å². The van der Waals surface area contributed by atoms with Crippen LogP contribution >= 0.6 is 0 Å². The van der Waals surface area contributed by atoms with Gasteiger partial charge in [0, 0.05) is 16.6 Å². The number of aryl methyl sites for hydroxylation is 1. The standard InChI is InChI=1S/C30H24N2O2/c1-20-12-14-22(15-13-20)29-21(2)28(26-10-6-7-11-27(26)32-29)30(33)31-23-16-18-25(19-17-23)34-24-8-4-3-5-9-24/h3-19H,1-2H3,(H,31,33). The lowest BCUT2D eigenvalue weighted by molar-refractivity contribution is 0.102. The lowest BCUT2D eigenvalue weighted by Crippen LogP contribution is -2.15. The number of nitrogens with one attached hydrogen (secondary N) is 1. The number of carbonyl (C=O) groups excluding carboxylic acids is 1. The minimum Gasteiger partial charge on any atom is -0.457 e. The second-order valence-corrected chi connectivity index (χ2v) is 8.24. The van der Waals surface area contributed by atoms with E-state index in [1.54, 1.807) is 0 Å². The molecule has 0 fully saturated rings. The van der Waals surface area contributed by atoms with Gasteiger partial charge < -0.3 is 10.1 Å². The van der Waals surface area contributed by atoms with Gasteiger partial charge in [0.25, 0.3) is 5.91 Å². The zero-order valence-electron chi connectivity index (χ0n) is 19.1. The van der Waals surface area contributed by atoms with Crippen LogP contribution in [0.15, 0.2) is 103 Å². The first-order chi connectivity index (χ1) is 16.6. The highest BCUT2D eigenvalue weighted by atomic mass is 16.5. The van der Waals surface area contributed by atoms with Gasteiger partial charge in [-0.25, -0.2) is 4.98 Å². The van der Waals surface area contributed by atoms with E-state index in [0.717, 1.165) is 33.5 Å². The van der Waals surface area contributed by atoms with Crippen LogP contribution in [0.4, 0.5) is 5.69 Å². The molecule has 0 atom stereocenters. The minimum absolute atomic E-state index is 0.166. The topological polar surface area (TPSA) is 51.2 Å². The van der Waals surface area contributed by atoms with Crippen molar-refractivity contribution in [2.75, 3.05) is 5.32 Å². The second-order valence-electron chi connectivity index (χ2n) is 8.24. The van der Waals surface area contributed by atoms with Crippen molar-refractivity contribution in [1.82, 2.24) is 4.98 Å². The molecule has 166 valence electrons. The molecule has 4 heteroatoms. The molecule has 5 rings (SSSR count). The van der Waals surface area contributed by atoms with E-state index in [9.17, 15) is 4.79 Å². The zero-order valence-corrected chi connectivity index (χ0v) is 19.1. The summed E-state index contributed by atoms with van der Waals surface area (Å²) >= 11 is 0. The summed E-state index contributed by atoms with van der Waals surface area (Å²) in [6, 6.07) is 33.0. The average Bonchev–Trinajstić information content (AvgIpc) is 2.86. The molecule has 0 bridgehead atoms. The van der Waals surface area contributed by atoms with E-state index in [0.29, 0.717) is 17.0 Å². The molecule has 0 spiro atoms. The summed E-state index contributed by atoms with van der Waals surface area (Å²) in [4.78, 5) is 18.4. The molecule has 0 saturated carbocycles. The molecule has 0 unspecified atom stereocenters. The fraction of sp³-hybridized carbons (Fsp3) is 0.0667. The molecule has 0 saturated heterocycles. The van der Waals surface area contributed by atoms with Crippen molar-refractivity contribution in [1.29, 1.82) is 0 Å². The van der Waals surface area contributed by atoms with Crippen molar-refractivity contribution in [2.45, 2.75) is 13.8 Å². The third kappa shape index (κ3) is 4.39. The van der Waals surface area contributed by atoms with E-state index in [2.05, 4.69) is 24.4 Å². The Morgan fingerprint density at radius 3 is 2.12 bits per heavy atom. The lowest BCUT2D eigenvalue weighted by Gasteiger charge is -2.15. The highest BCUT2D eigenvalue weighted by Gasteiger charge is 2.19. The maximum atomic E-state index is 13.5. The molecule has 1 N–H and O–H groups in total. The Kier molecular flexibility index (Phi) is 5.79. The summed E-state index contributed by atoms with van der Waals surface area (Å²) in [5.41, 5.74) is 5.96. The van der Waals surface area contributed by atoms with Crippen LogP contribution in [-0.2, 0) is 0 Å². The number of hydrogen-bond acceptors (Lipinski definition) is 3. The maximum absolute atomic E-state index is 13.5. The van der Waals surface area contributed by atoms with E-state index >= 15 is 0 Å². The molecule has 1 amide bonds. The van der Waals surface area contributed by atoms with Gasteiger partial charge in [0.1, 0.15) is 11.5 Å². The van der Waals surface area contributed by atoms with Gasteiger partial charge in [-0.1, -0.05) is 66.2 Å². The molecule has 0 aliphatic carbocycles.